The van der Waals surface area contributed by atoms with Crippen molar-refractivity contribution in [2.24, 2.45) is 11.3 Å². The molecule has 0 spiro atoms. The van der Waals surface area contributed by atoms with Crippen LogP contribution in [0.5, 0.6) is 0 Å². The van der Waals surface area contributed by atoms with E-state index in [1.54, 1.807) is 0 Å². The number of hydrogen-bond donors (Lipinski definition) is 1. The molecular formula is C23H28O3. The van der Waals surface area contributed by atoms with Crippen molar-refractivity contribution in [1.29, 1.82) is 0 Å². The molecule has 1 aromatic rings. The van der Waals surface area contributed by atoms with Gasteiger partial charge in [-0.05, 0) is 50.7 Å². The molecule has 0 amide bonds. The minimum absolute atomic E-state index is 0.0818. The summed E-state index contributed by atoms with van der Waals surface area (Å²) >= 11 is 0. The van der Waals surface area contributed by atoms with Crippen LogP contribution in [0.1, 0.15) is 43.5 Å². The highest BCUT2D eigenvalue weighted by molar-refractivity contribution is 6.04. The van der Waals surface area contributed by atoms with Gasteiger partial charge >= 0.3 is 0 Å². The molecule has 2 unspecified atom stereocenters. The standard InChI is InChI=1S/C19H20O2.C2H4O.C2H4/c1-18(2)9-8-14-11-19(12-15(19)10-16(14)21-18)17(20)13-6-4-3-5-7-13;1-2-3;1-2/h3-7,10-11,15H,8-9,12H2,1-2H3;2-3H,1H2;1-2H2. The fraction of sp³-hybridized carbons (Fsp3) is 0.348. The topological polar surface area (TPSA) is 46.5 Å². The molecule has 3 aliphatic rings. The summed E-state index contributed by atoms with van der Waals surface area (Å²) in [6.45, 7) is 13.2. The van der Waals surface area contributed by atoms with Crippen LogP contribution in [0.25, 0.3) is 0 Å². The molecule has 2 fully saturated rings. The van der Waals surface area contributed by atoms with E-state index in [4.69, 9.17) is 9.84 Å². The summed E-state index contributed by atoms with van der Waals surface area (Å²) in [4.78, 5) is 12.9. The van der Waals surface area contributed by atoms with Gasteiger partial charge in [-0.25, -0.2) is 0 Å². The second-order valence-corrected chi connectivity index (χ2v) is 7.29. The van der Waals surface area contributed by atoms with Crippen molar-refractivity contribution in [3.8, 4) is 0 Å². The van der Waals surface area contributed by atoms with E-state index >= 15 is 0 Å². The molecular weight excluding hydrogens is 324 g/mol. The van der Waals surface area contributed by atoms with Crippen molar-refractivity contribution in [2.75, 3.05) is 0 Å². The van der Waals surface area contributed by atoms with Crippen molar-refractivity contribution in [1.82, 2.24) is 0 Å². The number of aliphatic hydroxyl groups is 1. The number of fused-ring (bicyclic) bond motifs is 2. The van der Waals surface area contributed by atoms with E-state index < -0.39 is 0 Å². The molecule has 138 valence electrons. The second-order valence-electron chi connectivity index (χ2n) is 7.29. The van der Waals surface area contributed by atoms with E-state index in [1.165, 1.54) is 5.57 Å². The van der Waals surface area contributed by atoms with Gasteiger partial charge in [0.2, 0.25) is 0 Å². The fourth-order valence-corrected chi connectivity index (χ4v) is 3.61. The number of allylic oxidation sites excluding steroid dienone is 3. The second kappa shape index (κ2) is 7.77. The highest BCUT2D eigenvalue weighted by Gasteiger charge is 2.59. The molecule has 26 heavy (non-hydrogen) atoms. The quantitative estimate of drug-likeness (QED) is 0.417. The summed E-state index contributed by atoms with van der Waals surface area (Å²) in [5.41, 5.74) is 1.69. The molecule has 1 N–H and O–H groups in total. The van der Waals surface area contributed by atoms with Gasteiger partial charge in [0, 0.05) is 5.56 Å². The Morgan fingerprint density at radius 3 is 2.50 bits per heavy atom. The molecule has 0 aromatic heterocycles. The number of aliphatic hydroxyl groups excluding tert-OH is 1. The van der Waals surface area contributed by atoms with E-state index in [9.17, 15) is 4.79 Å². The smallest absolute Gasteiger partial charge is 0.173 e. The highest BCUT2D eigenvalue weighted by Crippen LogP contribution is 2.61. The number of hydrogen-bond acceptors (Lipinski definition) is 3. The maximum Gasteiger partial charge on any atom is 0.173 e. The third-order valence-electron chi connectivity index (χ3n) is 5.00. The van der Waals surface area contributed by atoms with Crippen molar-refractivity contribution in [2.45, 2.75) is 38.7 Å². The molecule has 3 nitrogen and oxygen atoms in total. The largest absolute Gasteiger partial charge is 0.516 e. The maximum absolute atomic E-state index is 12.9. The Morgan fingerprint density at radius 2 is 1.88 bits per heavy atom. The lowest BCUT2D eigenvalue weighted by Gasteiger charge is -2.36. The van der Waals surface area contributed by atoms with Crippen LogP contribution in [0.4, 0.5) is 0 Å². The van der Waals surface area contributed by atoms with Crippen molar-refractivity contribution in [3.63, 3.8) is 0 Å². The first-order valence-corrected chi connectivity index (χ1v) is 8.90. The highest BCUT2D eigenvalue weighted by atomic mass is 16.5. The summed E-state index contributed by atoms with van der Waals surface area (Å²) in [7, 11) is 0. The first kappa shape index (κ1) is 19.8. The molecule has 0 bridgehead atoms. The lowest BCUT2D eigenvalue weighted by atomic mass is 9.83. The molecule has 1 saturated heterocycles. The Labute approximate surface area is 156 Å². The molecule has 1 aromatic carbocycles. The van der Waals surface area contributed by atoms with Crippen LogP contribution in [0.3, 0.4) is 0 Å². The number of ether oxygens (including phenoxy) is 1. The van der Waals surface area contributed by atoms with Gasteiger partial charge in [-0.1, -0.05) is 43.0 Å². The summed E-state index contributed by atoms with van der Waals surface area (Å²) in [6.07, 6.45) is 8.10. The van der Waals surface area contributed by atoms with Crippen LogP contribution in [0.15, 0.2) is 79.8 Å². The molecule has 4 rings (SSSR count). The van der Waals surface area contributed by atoms with Crippen molar-refractivity contribution >= 4 is 5.78 Å². The normalized spacial score (nSPS) is 26.5. The van der Waals surface area contributed by atoms with Gasteiger partial charge in [-0.3, -0.25) is 4.79 Å². The van der Waals surface area contributed by atoms with Crippen LogP contribution in [-0.2, 0) is 4.74 Å². The zero-order valence-corrected chi connectivity index (χ0v) is 15.7. The fourth-order valence-electron chi connectivity index (χ4n) is 3.61. The monoisotopic (exact) mass is 352 g/mol. The van der Waals surface area contributed by atoms with E-state index in [1.807, 2.05) is 30.3 Å². The van der Waals surface area contributed by atoms with Gasteiger partial charge in [0.05, 0.1) is 11.7 Å². The Morgan fingerprint density at radius 1 is 1.27 bits per heavy atom. The molecule has 1 aliphatic heterocycles. The van der Waals surface area contributed by atoms with Crippen molar-refractivity contribution < 1.29 is 14.6 Å². The van der Waals surface area contributed by atoms with Crippen LogP contribution in [0.2, 0.25) is 0 Å². The Balaban J connectivity index is 0.000000444. The third-order valence-corrected chi connectivity index (χ3v) is 5.00. The predicted molar refractivity (Wildman–Crippen MR) is 106 cm³/mol. The minimum atomic E-state index is -0.287. The summed E-state index contributed by atoms with van der Waals surface area (Å²) in [5.74, 6) is 1.60. The molecule has 2 atom stereocenters. The Kier molecular flexibility index (Phi) is 5.91. The average Bonchev–Trinajstić information content (AvgIpc) is 3.36. The van der Waals surface area contributed by atoms with Gasteiger partial charge in [0.25, 0.3) is 0 Å². The number of carbonyl (C=O) groups excluding carboxylic acids is 1. The van der Waals surface area contributed by atoms with E-state index in [0.717, 1.165) is 36.8 Å². The zero-order valence-electron chi connectivity index (χ0n) is 15.7. The average molecular weight is 352 g/mol. The van der Waals surface area contributed by atoms with Gasteiger partial charge in [-0.2, -0.15) is 0 Å². The zero-order chi connectivity index (χ0) is 19.4. The lowest BCUT2D eigenvalue weighted by molar-refractivity contribution is 0.0137. The van der Waals surface area contributed by atoms with Crippen LogP contribution in [0, 0.1) is 11.3 Å². The van der Waals surface area contributed by atoms with E-state index in [2.05, 4.69) is 45.7 Å². The van der Waals surface area contributed by atoms with Gasteiger partial charge in [-0.15, -0.1) is 13.2 Å². The van der Waals surface area contributed by atoms with Gasteiger partial charge in [0.1, 0.15) is 11.4 Å². The minimum Gasteiger partial charge on any atom is -0.516 e. The van der Waals surface area contributed by atoms with Crippen LogP contribution in [-0.4, -0.2) is 16.5 Å². The predicted octanol–water partition coefficient (Wildman–Crippen LogP) is 5.78. The van der Waals surface area contributed by atoms with E-state index in [0.29, 0.717) is 5.92 Å². The Bertz CT molecular complexity index is 727. The molecule has 1 saturated carbocycles. The first-order valence-electron chi connectivity index (χ1n) is 8.90. The number of carbonyl (C=O) groups is 1. The van der Waals surface area contributed by atoms with Gasteiger partial charge < -0.3 is 9.84 Å². The summed E-state index contributed by atoms with van der Waals surface area (Å²) in [5, 5.41) is 7.33. The SMILES string of the molecule is C=C.C=CO.CC1(C)CCC2=CC3(C(=O)c4ccccc4)CC3C=C2O1. The van der Waals surface area contributed by atoms with Gasteiger partial charge in [0.15, 0.2) is 5.78 Å². The maximum atomic E-state index is 12.9. The number of rotatable bonds is 2. The number of benzene rings is 1. The van der Waals surface area contributed by atoms with E-state index in [-0.39, 0.29) is 16.8 Å². The number of ketones is 1. The lowest BCUT2D eigenvalue weighted by Crippen LogP contribution is -2.31. The Hall–Kier alpha value is -2.55. The van der Waals surface area contributed by atoms with Crippen LogP contribution < -0.4 is 0 Å². The number of Topliss-reactive ketones (excluding diaryl/α,β-unsaturated/α-hetero) is 1. The van der Waals surface area contributed by atoms with Crippen LogP contribution >= 0.6 is 0 Å². The summed E-state index contributed by atoms with van der Waals surface area (Å²) in [6, 6.07) is 9.66. The molecule has 0 radical (unpaired) electrons. The van der Waals surface area contributed by atoms with Crippen molar-refractivity contribution in [3.05, 3.63) is 85.4 Å². The third kappa shape index (κ3) is 3.82. The molecule has 2 aliphatic carbocycles. The first-order chi connectivity index (χ1) is 12.4. The molecule has 1 heterocycles. The molecule has 3 heteroatoms. The summed E-state index contributed by atoms with van der Waals surface area (Å²) < 4.78 is 6.09.